The van der Waals surface area contributed by atoms with Gasteiger partial charge in [0.15, 0.2) is 0 Å². The summed E-state index contributed by atoms with van der Waals surface area (Å²) in [6, 6.07) is 17.8. The summed E-state index contributed by atoms with van der Waals surface area (Å²) in [6.07, 6.45) is -3.30. The molecule has 0 fully saturated rings. The fraction of sp³-hybridized carbons (Fsp3) is 0.182. The van der Waals surface area contributed by atoms with E-state index in [0.29, 0.717) is 11.1 Å². The van der Waals surface area contributed by atoms with Crippen molar-refractivity contribution in [3.63, 3.8) is 0 Å². The van der Waals surface area contributed by atoms with Gasteiger partial charge in [-0.1, -0.05) is 42.5 Å². The molecule has 0 radical (unpaired) electrons. The minimum Gasteiger partial charge on any atom is -0.343 e. The minimum absolute atomic E-state index is 0.200. The van der Waals surface area contributed by atoms with Crippen LogP contribution in [0, 0.1) is 0 Å². The third-order valence-electron chi connectivity index (χ3n) is 4.45. The van der Waals surface area contributed by atoms with Gasteiger partial charge in [0.2, 0.25) is 0 Å². The number of hydrogen-bond acceptors (Lipinski definition) is 2. The second-order valence-corrected chi connectivity index (χ2v) is 6.95. The fourth-order valence-electron chi connectivity index (χ4n) is 2.84. The molecule has 1 aromatic heterocycles. The molecule has 1 heterocycles. The van der Waals surface area contributed by atoms with Crippen molar-refractivity contribution in [1.82, 2.24) is 10.3 Å². The van der Waals surface area contributed by atoms with Gasteiger partial charge in [0.25, 0.3) is 5.91 Å². The minimum atomic E-state index is -4.43. The average Bonchev–Trinajstić information content (AvgIpc) is 2.68. The van der Waals surface area contributed by atoms with Gasteiger partial charge in [-0.25, -0.2) is 0 Å². The smallest absolute Gasteiger partial charge is 0.343 e. The first-order valence-electron chi connectivity index (χ1n) is 8.68. The molecule has 0 spiro atoms. The Bertz CT molecular complexity index is 965. The normalized spacial score (nSPS) is 11.9. The Morgan fingerprint density at radius 2 is 1.54 bits per heavy atom. The van der Waals surface area contributed by atoms with Crippen LogP contribution in [-0.2, 0) is 11.7 Å². The van der Waals surface area contributed by atoms with Gasteiger partial charge in [-0.2, -0.15) is 13.2 Å². The molecule has 3 nitrogen and oxygen atoms in total. The first kappa shape index (κ1) is 19.6. The van der Waals surface area contributed by atoms with Crippen LogP contribution in [0.5, 0.6) is 0 Å². The van der Waals surface area contributed by atoms with Crippen molar-refractivity contribution in [3.8, 4) is 11.3 Å². The fourth-order valence-corrected chi connectivity index (χ4v) is 2.84. The van der Waals surface area contributed by atoms with Gasteiger partial charge < -0.3 is 5.32 Å². The van der Waals surface area contributed by atoms with E-state index in [1.807, 2.05) is 44.2 Å². The summed E-state index contributed by atoms with van der Waals surface area (Å²) in [5.74, 6) is -0.266. The van der Waals surface area contributed by atoms with Crippen LogP contribution in [0.2, 0.25) is 0 Å². The van der Waals surface area contributed by atoms with Gasteiger partial charge in [-0.15, -0.1) is 0 Å². The zero-order chi connectivity index (χ0) is 20.4. The number of alkyl halides is 3. The SMILES string of the molecule is CC(C)(NC(=O)c1ccc(-c2cc(C(F)(F)F)ccn2)cc1)c1ccccc1. The third-order valence-corrected chi connectivity index (χ3v) is 4.45. The molecule has 3 aromatic rings. The van der Waals surface area contributed by atoms with Gasteiger partial charge in [0.05, 0.1) is 16.8 Å². The molecule has 0 atom stereocenters. The Hall–Kier alpha value is -3.15. The van der Waals surface area contributed by atoms with E-state index < -0.39 is 17.3 Å². The van der Waals surface area contributed by atoms with Gasteiger partial charge in [-0.05, 0) is 43.7 Å². The Labute approximate surface area is 161 Å². The van der Waals surface area contributed by atoms with Gasteiger partial charge in [0.1, 0.15) is 0 Å². The first-order valence-corrected chi connectivity index (χ1v) is 8.68. The van der Waals surface area contributed by atoms with Gasteiger partial charge >= 0.3 is 6.18 Å². The van der Waals surface area contributed by atoms with Crippen molar-refractivity contribution in [2.24, 2.45) is 0 Å². The van der Waals surface area contributed by atoms with E-state index in [1.165, 1.54) is 0 Å². The number of halogens is 3. The molecule has 0 aliphatic heterocycles. The Balaban J connectivity index is 1.78. The Morgan fingerprint density at radius 3 is 2.14 bits per heavy atom. The van der Waals surface area contributed by atoms with Crippen LogP contribution < -0.4 is 5.32 Å². The van der Waals surface area contributed by atoms with Crippen LogP contribution >= 0.6 is 0 Å². The molecule has 0 aliphatic carbocycles. The highest BCUT2D eigenvalue weighted by atomic mass is 19.4. The molecule has 0 bridgehead atoms. The van der Waals surface area contributed by atoms with E-state index in [1.54, 1.807) is 24.3 Å². The van der Waals surface area contributed by atoms with Crippen LogP contribution in [0.3, 0.4) is 0 Å². The molecule has 28 heavy (non-hydrogen) atoms. The van der Waals surface area contributed by atoms with Gasteiger partial charge in [-0.3, -0.25) is 9.78 Å². The number of rotatable bonds is 4. The number of nitrogens with zero attached hydrogens (tertiary/aromatic N) is 1. The highest BCUT2D eigenvalue weighted by molar-refractivity contribution is 5.95. The summed E-state index contributed by atoms with van der Waals surface area (Å²) < 4.78 is 38.6. The lowest BCUT2D eigenvalue weighted by molar-refractivity contribution is -0.137. The molecule has 3 rings (SSSR count). The van der Waals surface area contributed by atoms with Crippen molar-refractivity contribution in [2.75, 3.05) is 0 Å². The van der Waals surface area contributed by atoms with E-state index in [4.69, 9.17) is 0 Å². The molecule has 144 valence electrons. The molecule has 1 amide bonds. The van der Waals surface area contributed by atoms with Crippen molar-refractivity contribution in [3.05, 3.63) is 89.6 Å². The highest BCUT2D eigenvalue weighted by Gasteiger charge is 2.30. The first-order chi connectivity index (χ1) is 13.2. The maximum atomic E-state index is 12.9. The van der Waals surface area contributed by atoms with Crippen LogP contribution in [0.4, 0.5) is 13.2 Å². The molecular formula is C22H19F3N2O. The maximum absolute atomic E-state index is 12.9. The van der Waals surface area contributed by atoms with E-state index in [0.717, 1.165) is 23.9 Å². The second-order valence-electron chi connectivity index (χ2n) is 6.95. The number of carbonyl (C=O) groups excluding carboxylic acids is 1. The average molecular weight is 384 g/mol. The molecule has 1 N–H and O–H groups in total. The molecule has 0 saturated carbocycles. The topological polar surface area (TPSA) is 42.0 Å². The third kappa shape index (κ3) is 4.39. The van der Waals surface area contributed by atoms with Crippen molar-refractivity contribution < 1.29 is 18.0 Å². The lowest BCUT2D eigenvalue weighted by Gasteiger charge is -2.27. The monoisotopic (exact) mass is 384 g/mol. The van der Waals surface area contributed by atoms with E-state index >= 15 is 0 Å². The van der Waals surface area contributed by atoms with Crippen LogP contribution in [-0.4, -0.2) is 10.9 Å². The largest absolute Gasteiger partial charge is 0.416 e. The molecule has 6 heteroatoms. The molecule has 2 aromatic carbocycles. The lowest BCUT2D eigenvalue weighted by Crippen LogP contribution is -2.40. The number of hydrogen-bond donors (Lipinski definition) is 1. The van der Waals surface area contributed by atoms with E-state index in [-0.39, 0.29) is 11.6 Å². The summed E-state index contributed by atoms with van der Waals surface area (Å²) in [7, 11) is 0. The molecular weight excluding hydrogens is 365 g/mol. The molecule has 0 unspecified atom stereocenters. The summed E-state index contributed by atoms with van der Waals surface area (Å²) in [4.78, 5) is 16.6. The number of benzene rings is 2. The zero-order valence-electron chi connectivity index (χ0n) is 15.4. The predicted molar refractivity (Wildman–Crippen MR) is 102 cm³/mol. The van der Waals surface area contributed by atoms with Gasteiger partial charge in [0, 0.05) is 17.3 Å². The number of pyridine rings is 1. The quantitative estimate of drug-likeness (QED) is 0.651. The standard InChI is InChI=1S/C22H19F3N2O/c1-21(2,17-6-4-3-5-7-17)27-20(28)16-10-8-15(9-11-16)19-14-18(12-13-26-19)22(23,24)25/h3-14H,1-2H3,(H,27,28). The summed E-state index contributed by atoms with van der Waals surface area (Å²) in [6.45, 7) is 3.81. The van der Waals surface area contributed by atoms with Crippen molar-refractivity contribution in [2.45, 2.75) is 25.6 Å². The van der Waals surface area contributed by atoms with E-state index in [2.05, 4.69) is 10.3 Å². The maximum Gasteiger partial charge on any atom is 0.416 e. The van der Waals surface area contributed by atoms with Crippen LogP contribution in [0.15, 0.2) is 72.9 Å². The number of aromatic nitrogens is 1. The summed E-state index contributed by atoms with van der Waals surface area (Å²) in [5, 5.41) is 2.97. The van der Waals surface area contributed by atoms with Crippen LogP contribution in [0.1, 0.15) is 35.3 Å². The number of amides is 1. The zero-order valence-corrected chi connectivity index (χ0v) is 15.4. The molecule has 0 saturated heterocycles. The lowest BCUT2D eigenvalue weighted by atomic mass is 9.94. The number of carbonyl (C=O) groups is 1. The van der Waals surface area contributed by atoms with Crippen LogP contribution in [0.25, 0.3) is 11.3 Å². The molecule has 0 aliphatic rings. The second kappa shape index (κ2) is 7.46. The van der Waals surface area contributed by atoms with Crippen molar-refractivity contribution >= 4 is 5.91 Å². The Morgan fingerprint density at radius 1 is 0.893 bits per heavy atom. The number of nitrogens with one attached hydrogen (secondary N) is 1. The predicted octanol–water partition coefficient (Wildman–Crippen LogP) is 5.43. The summed E-state index contributed by atoms with van der Waals surface area (Å²) in [5.41, 5.74) is 0.757. The summed E-state index contributed by atoms with van der Waals surface area (Å²) >= 11 is 0. The van der Waals surface area contributed by atoms with Crippen molar-refractivity contribution in [1.29, 1.82) is 0 Å². The highest BCUT2D eigenvalue weighted by Crippen LogP contribution is 2.31. The Kier molecular flexibility index (Phi) is 5.23. The van der Waals surface area contributed by atoms with E-state index in [9.17, 15) is 18.0 Å².